The third-order valence-electron chi connectivity index (χ3n) is 6.22. The Balaban J connectivity index is 1.63. The Hall–Kier alpha value is -3.09. The summed E-state index contributed by atoms with van der Waals surface area (Å²) in [6, 6.07) is 15.0. The third kappa shape index (κ3) is 3.70. The molecule has 1 unspecified atom stereocenters. The normalized spacial score (nSPS) is 16.0. The zero-order chi connectivity index (χ0) is 22.2. The second-order valence-electron chi connectivity index (χ2n) is 8.22. The highest BCUT2D eigenvalue weighted by Gasteiger charge is 2.26. The van der Waals surface area contributed by atoms with Crippen LogP contribution in [0.3, 0.4) is 0 Å². The van der Waals surface area contributed by atoms with Crippen molar-refractivity contribution in [3.63, 3.8) is 0 Å². The molecule has 1 amide bonds. The maximum atomic E-state index is 13.2. The molecule has 0 aliphatic carbocycles. The summed E-state index contributed by atoms with van der Waals surface area (Å²) >= 11 is 6.30. The van der Waals surface area contributed by atoms with E-state index in [4.69, 9.17) is 21.3 Å². The van der Waals surface area contributed by atoms with Gasteiger partial charge in [0, 0.05) is 12.3 Å². The summed E-state index contributed by atoms with van der Waals surface area (Å²) in [5, 5.41) is 3.56. The number of imidazole rings is 1. The van der Waals surface area contributed by atoms with Gasteiger partial charge >= 0.3 is 0 Å². The molecule has 2 aromatic heterocycles. The van der Waals surface area contributed by atoms with Crippen LogP contribution in [0.4, 0.5) is 5.82 Å². The van der Waals surface area contributed by atoms with Gasteiger partial charge in [-0.1, -0.05) is 35.9 Å². The number of anilines is 1. The number of para-hydroxylation sites is 2. The summed E-state index contributed by atoms with van der Waals surface area (Å²) in [5.41, 5.74) is 5.30. The lowest BCUT2D eigenvalue weighted by Gasteiger charge is -2.17. The van der Waals surface area contributed by atoms with Crippen LogP contribution in [0.25, 0.3) is 22.4 Å². The molecule has 1 fully saturated rings. The van der Waals surface area contributed by atoms with E-state index >= 15 is 0 Å². The summed E-state index contributed by atoms with van der Waals surface area (Å²) in [6.07, 6.45) is 2.19. The summed E-state index contributed by atoms with van der Waals surface area (Å²) in [7, 11) is 0. The smallest absolute Gasteiger partial charge is 0.258 e. The maximum Gasteiger partial charge on any atom is 0.258 e. The van der Waals surface area contributed by atoms with Crippen LogP contribution in [0, 0.1) is 13.8 Å². The summed E-state index contributed by atoms with van der Waals surface area (Å²) in [4.78, 5) is 21.5. The Kier molecular flexibility index (Phi) is 5.49. The number of halogens is 1. The van der Waals surface area contributed by atoms with Crippen molar-refractivity contribution in [1.29, 1.82) is 0 Å². The average Bonchev–Trinajstić information content (AvgIpc) is 3.50. The second kappa shape index (κ2) is 8.45. The monoisotopic (exact) mass is 448 g/mol. The van der Waals surface area contributed by atoms with Gasteiger partial charge in [0.15, 0.2) is 0 Å². The molecule has 1 aliphatic heterocycles. The lowest BCUT2D eigenvalue weighted by Crippen LogP contribution is -2.21. The quantitative estimate of drug-likeness (QED) is 0.409. The number of hydrogen-bond donors (Lipinski definition) is 2. The van der Waals surface area contributed by atoms with Gasteiger partial charge in [-0.05, 0) is 56.5 Å². The van der Waals surface area contributed by atoms with E-state index in [1.54, 1.807) is 12.1 Å². The van der Waals surface area contributed by atoms with Gasteiger partial charge in [0.05, 0.1) is 39.8 Å². The third-order valence-corrected chi connectivity index (χ3v) is 6.55. The predicted octanol–water partition coefficient (Wildman–Crippen LogP) is 5.73. The Labute approximate surface area is 191 Å². The van der Waals surface area contributed by atoms with Crippen molar-refractivity contribution in [3.8, 4) is 11.4 Å². The fourth-order valence-electron chi connectivity index (χ4n) is 4.39. The highest BCUT2D eigenvalue weighted by Crippen LogP contribution is 2.37. The van der Waals surface area contributed by atoms with Gasteiger partial charge in [-0.3, -0.25) is 4.79 Å². The molecule has 2 aromatic carbocycles. The van der Waals surface area contributed by atoms with E-state index in [1.807, 2.05) is 36.4 Å². The van der Waals surface area contributed by atoms with Gasteiger partial charge in [-0.2, -0.15) is 0 Å². The fraction of sp³-hybridized carbons (Fsp3) is 0.280. The standard InChI is InChI=1S/C25H25ClN4O2/c1-15-16(2)30(14-17-8-7-13-32-17)24(29-25(31)18-9-3-4-10-19(18)26)22(15)23-27-20-11-5-6-12-21(20)28-23/h3-6,9-12,17H,7-8,13-14H2,1-2H3,(H,27,28)(H,29,31). The number of fused-ring (bicyclic) bond motifs is 1. The maximum absolute atomic E-state index is 13.2. The Bertz CT molecular complexity index is 1270. The number of amides is 1. The molecule has 7 heteroatoms. The summed E-state index contributed by atoms with van der Waals surface area (Å²) < 4.78 is 8.04. The number of carbonyl (C=O) groups is 1. The molecular formula is C25H25ClN4O2. The molecule has 0 bridgehead atoms. The molecule has 4 aromatic rings. The molecule has 6 nitrogen and oxygen atoms in total. The minimum absolute atomic E-state index is 0.125. The molecule has 0 saturated carbocycles. The van der Waals surface area contributed by atoms with Crippen LogP contribution in [0.15, 0.2) is 48.5 Å². The van der Waals surface area contributed by atoms with Gasteiger partial charge in [0.1, 0.15) is 11.6 Å². The van der Waals surface area contributed by atoms with E-state index in [9.17, 15) is 4.79 Å². The Morgan fingerprint density at radius 1 is 1.22 bits per heavy atom. The minimum atomic E-state index is -0.251. The van der Waals surface area contributed by atoms with E-state index in [0.29, 0.717) is 22.9 Å². The first kappa shape index (κ1) is 20.8. The van der Waals surface area contributed by atoms with Crippen molar-refractivity contribution < 1.29 is 9.53 Å². The van der Waals surface area contributed by atoms with Crippen molar-refractivity contribution in [3.05, 3.63) is 70.4 Å². The van der Waals surface area contributed by atoms with Gasteiger partial charge < -0.3 is 19.6 Å². The molecule has 1 aliphatic rings. The molecule has 32 heavy (non-hydrogen) atoms. The van der Waals surface area contributed by atoms with Crippen molar-refractivity contribution >= 4 is 34.4 Å². The van der Waals surface area contributed by atoms with E-state index in [1.165, 1.54) is 0 Å². The lowest BCUT2D eigenvalue weighted by atomic mass is 10.1. The average molecular weight is 449 g/mol. The van der Waals surface area contributed by atoms with E-state index in [0.717, 1.165) is 53.1 Å². The molecule has 2 N–H and O–H groups in total. The summed E-state index contributed by atoms with van der Waals surface area (Å²) in [6.45, 7) is 5.59. The number of rotatable bonds is 5. The van der Waals surface area contributed by atoms with Crippen LogP contribution in [0.5, 0.6) is 0 Å². The summed E-state index contributed by atoms with van der Waals surface area (Å²) in [5.74, 6) is 1.19. The van der Waals surface area contributed by atoms with Crippen LogP contribution in [-0.2, 0) is 11.3 Å². The van der Waals surface area contributed by atoms with E-state index in [-0.39, 0.29) is 12.0 Å². The fourth-order valence-corrected chi connectivity index (χ4v) is 4.62. The van der Waals surface area contributed by atoms with Crippen molar-refractivity contribution in [2.75, 3.05) is 11.9 Å². The molecule has 5 rings (SSSR count). The van der Waals surface area contributed by atoms with Gasteiger partial charge in [-0.25, -0.2) is 4.98 Å². The number of hydrogen-bond acceptors (Lipinski definition) is 3. The molecule has 1 saturated heterocycles. The molecule has 3 heterocycles. The molecule has 1 atom stereocenters. The number of aromatic nitrogens is 3. The van der Waals surface area contributed by atoms with Crippen molar-refractivity contribution in [2.45, 2.75) is 39.3 Å². The number of aromatic amines is 1. The number of nitrogens with one attached hydrogen (secondary N) is 2. The number of benzene rings is 2. The topological polar surface area (TPSA) is 71.9 Å². The number of nitrogens with zero attached hydrogens (tertiary/aromatic N) is 2. The van der Waals surface area contributed by atoms with Gasteiger partial charge in [0.2, 0.25) is 0 Å². The number of H-pyrrole nitrogens is 1. The first-order valence-corrected chi connectivity index (χ1v) is 11.2. The van der Waals surface area contributed by atoms with E-state index in [2.05, 4.69) is 28.7 Å². The van der Waals surface area contributed by atoms with Crippen molar-refractivity contribution in [2.24, 2.45) is 0 Å². The zero-order valence-electron chi connectivity index (χ0n) is 18.1. The van der Waals surface area contributed by atoms with Crippen LogP contribution in [0.2, 0.25) is 5.02 Å². The second-order valence-corrected chi connectivity index (χ2v) is 8.62. The Morgan fingerprint density at radius 2 is 2.00 bits per heavy atom. The highest BCUT2D eigenvalue weighted by atomic mass is 35.5. The number of carbonyl (C=O) groups excluding carboxylic acids is 1. The molecule has 0 spiro atoms. The highest BCUT2D eigenvalue weighted by molar-refractivity contribution is 6.34. The zero-order valence-corrected chi connectivity index (χ0v) is 18.9. The first-order chi connectivity index (χ1) is 15.5. The predicted molar refractivity (Wildman–Crippen MR) is 127 cm³/mol. The SMILES string of the molecule is Cc1c(-c2nc3ccccc3[nH]2)c(NC(=O)c2ccccc2Cl)n(CC2CCCO2)c1C. The minimum Gasteiger partial charge on any atom is -0.376 e. The Morgan fingerprint density at radius 3 is 2.75 bits per heavy atom. The van der Waals surface area contributed by atoms with Gasteiger partial charge in [-0.15, -0.1) is 0 Å². The van der Waals surface area contributed by atoms with Crippen LogP contribution < -0.4 is 5.32 Å². The van der Waals surface area contributed by atoms with Crippen molar-refractivity contribution in [1.82, 2.24) is 14.5 Å². The van der Waals surface area contributed by atoms with E-state index < -0.39 is 0 Å². The molecule has 0 radical (unpaired) electrons. The van der Waals surface area contributed by atoms with Gasteiger partial charge in [0.25, 0.3) is 5.91 Å². The molecule has 164 valence electrons. The van der Waals surface area contributed by atoms with Crippen LogP contribution in [-0.4, -0.2) is 33.2 Å². The van der Waals surface area contributed by atoms with Crippen LogP contribution in [0.1, 0.15) is 34.5 Å². The molecular weight excluding hydrogens is 424 g/mol. The first-order valence-electron chi connectivity index (χ1n) is 10.8. The van der Waals surface area contributed by atoms with Crippen LogP contribution >= 0.6 is 11.6 Å². The largest absolute Gasteiger partial charge is 0.376 e. The lowest BCUT2D eigenvalue weighted by molar-refractivity contribution is 0.0962. The number of ether oxygens (including phenoxy) is 1.